The van der Waals surface area contributed by atoms with E-state index in [0.717, 1.165) is 6.07 Å². The smallest absolute Gasteiger partial charge is 0.416 e. The van der Waals surface area contributed by atoms with Crippen molar-refractivity contribution in [3.8, 4) is 11.5 Å². The number of hydrogen-bond donors (Lipinski definition) is 1. The molecule has 0 bridgehead atoms. The van der Waals surface area contributed by atoms with Gasteiger partial charge in [0.15, 0.2) is 11.5 Å². The molecule has 30 heavy (non-hydrogen) atoms. The zero-order valence-electron chi connectivity index (χ0n) is 16.2. The number of carbonyl (C=O) groups excluding carboxylic acids is 2. The van der Waals surface area contributed by atoms with E-state index in [1.54, 1.807) is 6.92 Å². The molecule has 1 N–H and O–H groups in total. The molecule has 0 radical (unpaired) electrons. The van der Waals surface area contributed by atoms with Gasteiger partial charge in [0.1, 0.15) is 11.4 Å². The molecule has 0 aliphatic carbocycles. The Bertz CT molecular complexity index is 947. The number of nitrogens with zero attached hydrogens (tertiary/aromatic N) is 1. The summed E-state index contributed by atoms with van der Waals surface area (Å²) in [7, 11) is 1.25. The van der Waals surface area contributed by atoms with Gasteiger partial charge in [-0.05, 0) is 41.1 Å². The van der Waals surface area contributed by atoms with Gasteiger partial charge in [-0.15, -0.1) is 0 Å². The maximum atomic E-state index is 13.4. The molecule has 6 nitrogen and oxygen atoms in total. The van der Waals surface area contributed by atoms with Crippen LogP contribution in [0.3, 0.4) is 0 Å². The molecule has 162 valence electrons. The number of esters is 1. The van der Waals surface area contributed by atoms with Crippen LogP contribution in [0, 0.1) is 0 Å². The summed E-state index contributed by atoms with van der Waals surface area (Å²) in [5, 5.41) is 10.2. The maximum Gasteiger partial charge on any atom is 0.416 e. The summed E-state index contributed by atoms with van der Waals surface area (Å²) < 4.78 is 50.2. The molecule has 0 fully saturated rings. The van der Waals surface area contributed by atoms with Crippen LogP contribution >= 0.6 is 15.9 Å². The van der Waals surface area contributed by atoms with Crippen LogP contribution < -0.4 is 4.74 Å². The lowest BCUT2D eigenvalue weighted by Gasteiger charge is -2.16. The molecule has 0 amide bonds. The van der Waals surface area contributed by atoms with Crippen molar-refractivity contribution in [2.24, 2.45) is 0 Å². The first-order chi connectivity index (χ1) is 14.1. The van der Waals surface area contributed by atoms with Gasteiger partial charge in [0.05, 0.1) is 30.2 Å². The van der Waals surface area contributed by atoms with E-state index in [2.05, 4.69) is 20.9 Å². The number of carbonyl (C=O) groups is 2. The number of Topliss-reactive ketones (excluding diaryl/α,β-unsaturated/α-hetero) is 1. The number of methoxy groups -OCH3 is 1. The van der Waals surface area contributed by atoms with Gasteiger partial charge >= 0.3 is 12.1 Å². The molecule has 0 unspecified atom stereocenters. The van der Waals surface area contributed by atoms with E-state index in [9.17, 15) is 27.9 Å². The first-order valence-corrected chi connectivity index (χ1v) is 9.68. The van der Waals surface area contributed by atoms with Crippen LogP contribution in [0.25, 0.3) is 0 Å². The molecule has 2 rings (SSSR count). The van der Waals surface area contributed by atoms with Crippen LogP contribution in [-0.4, -0.2) is 35.6 Å². The fourth-order valence-corrected chi connectivity index (χ4v) is 3.25. The van der Waals surface area contributed by atoms with E-state index in [-0.39, 0.29) is 53.0 Å². The van der Waals surface area contributed by atoms with Crippen molar-refractivity contribution in [3.63, 3.8) is 0 Å². The maximum absolute atomic E-state index is 13.4. The first kappa shape index (κ1) is 23.7. The predicted molar refractivity (Wildman–Crippen MR) is 105 cm³/mol. The molecule has 2 aromatic rings. The molecular formula is C20H19BrF3NO5. The predicted octanol–water partition coefficient (Wildman–Crippen LogP) is 4.69. The molecule has 0 atom stereocenters. The summed E-state index contributed by atoms with van der Waals surface area (Å²) in [4.78, 5) is 27.9. The lowest BCUT2D eigenvalue weighted by Crippen LogP contribution is -2.13. The SMILES string of the molecule is CCOC(=O)CCC(=O)c1nc(Cc2c(OC)cccc2C(F)(F)F)cc(Br)c1O. The van der Waals surface area contributed by atoms with E-state index in [1.807, 2.05) is 0 Å². The number of aromatic hydroxyl groups is 1. The Balaban J connectivity index is 2.39. The lowest BCUT2D eigenvalue weighted by molar-refractivity contribution is -0.143. The number of rotatable bonds is 8. The summed E-state index contributed by atoms with van der Waals surface area (Å²) in [6, 6.07) is 4.88. The van der Waals surface area contributed by atoms with Crippen LogP contribution in [0.1, 0.15) is 47.1 Å². The normalized spacial score (nSPS) is 11.3. The van der Waals surface area contributed by atoms with Gasteiger partial charge in [-0.3, -0.25) is 9.59 Å². The van der Waals surface area contributed by atoms with Gasteiger partial charge < -0.3 is 14.6 Å². The second kappa shape index (κ2) is 9.92. The number of alkyl halides is 3. The quantitative estimate of drug-likeness (QED) is 0.427. The number of aromatic nitrogens is 1. The third-order valence-corrected chi connectivity index (χ3v) is 4.75. The Hall–Kier alpha value is -2.62. The van der Waals surface area contributed by atoms with Crippen molar-refractivity contribution in [2.75, 3.05) is 13.7 Å². The third kappa shape index (κ3) is 5.71. The minimum Gasteiger partial charge on any atom is -0.504 e. The van der Waals surface area contributed by atoms with Crippen LogP contribution in [0.2, 0.25) is 0 Å². The summed E-state index contributed by atoms with van der Waals surface area (Å²) in [5.41, 5.74) is -1.27. The Labute approximate surface area is 179 Å². The molecule has 1 heterocycles. The number of halogens is 4. The van der Waals surface area contributed by atoms with Crippen molar-refractivity contribution in [3.05, 3.63) is 51.3 Å². The molecule has 1 aromatic heterocycles. The lowest BCUT2D eigenvalue weighted by atomic mass is 10.00. The fraction of sp³-hybridized carbons (Fsp3) is 0.350. The number of pyridine rings is 1. The highest BCUT2D eigenvalue weighted by Gasteiger charge is 2.34. The molecule has 10 heteroatoms. The minimum atomic E-state index is -4.61. The monoisotopic (exact) mass is 489 g/mol. The minimum absolute atomic E-state index is 0.0195. The molecule has 0 aliphatic heterocycles. The van der Waals surface area contributed by atoms with E-state index in [4.69, 9.17) is 9.47 Å². The topological polar surface area (TPSA) is 85.7 Å². The zero-order chi connectivity index (χ0) is 22.5. The van der Waals surface area contributed by atoms with Gasteiger partial charge in [0, 0.05) is 24.1 Å². The highest BCUT2D eigenvalue weighted by atomic mass is 79.9. The van der Waals surface area contributed by atoms with E-state index in [1.165, 1.54) is 25.3 Å². The van der Waals surface area contributed by atoms with E-state index < -0.39 is 29.2 Å². The number of benzene rings is 1. The Morgan fingerprint density at radius 2 is 1.93 bits per heavy atom. The second-order valence-electron chi connectivity index (χ2n) is 6.18. The van der Waals surface area contributed by atoms with Crippen LogP contribution in [0.5, 0.6) is 11.5 Å². The molecular weight excluding hydrogens is 471 g/mol. The standard InChI is InChI=1S/C20H19BrF3NO5/c1-3-30-17(27)8-7-15(26)18-19(28)14(21)10-11(25-18)9-12-13(20(22,23)24)5-4-6-16(12)29-2/h4-6,10,28H,3,7-9H2,1-2H3. The van der Waals surface area contributed by atoms with Crippen molar-refractivity contribution in [1.29, 1.82) is 0 Å². The highest BCUT2D eigenvalue weighted by molar-refractivity contribution is 9.10. The molecule has 0 saturated carbocycles. The van der Waals surface area contributed by atoms with Crippen LogP contribution in [0.15, 0.2) is 28.7 Å². The Kier molecular flexibility index (Phi) is 7.83. The average Bonchev–Trinajstić information content (AvgIpc) is 2.68. The highest BCUT2D eigenvalue weighted by Crippen LogP contribution is 2.38. The van der Waals surface area contributed by atoms with Crippen LogP contribution in [-0.2, 0) is 22.1 Å². The van der Waals surface area contributed by atoms with Gasteiger partial charge in [0.25, 0.3) is 0 Å². The second-order valence-corrected chi connectivity index (χ2v) is 7.04. The molecule has 0 spiro atoms. The summed E-state index contributed by atoms with van der Waals surface area (Å²) >= 11 is 3.09. The van der Waals surface area contributed by atoms with E-state index >= 15 is 0 Å². The average molecular weight is 490 g/mol. The van der Waals surface area contributed by atoms with Gasteiger partial charge in [0.2, 0.25) is 0 Å². The first-order valence-electron chi connectivity index (χ1n) is 8.88. The summed E-state index contributed by atoms with van der Waals surface area (Å²) in [6.45, 7) is 1.79. The fourth-order valence-electron chi connectivity index (χ4n) is 2.79. The zero-order valence-corrected chi connectivity index (χ0v) is 17.8. The largest absolute Gasteiger partial charge is 0.504 e. The van der Waals surface area contributed by atoms with Crippen molar-refractivity contribution >= 4 is 27.7 Å². The summed E-state index contributed by atoms with van der Waals surface area (Å²) in [6.07, 6.45) is -5.38. The molecule has 0 saturated heterocycles. The van der Waals surface area contributed by atoms with Gasteiger partial charge in [-0.2, -0.15) is 13.2 Å². The third-order valence-electron chi connectivity index (χ3n) is 4.14. The molecule has 0 aliphatic rings. The van der Waals surface area contributed by atoms with Crippen molar-refractivity contribution < 1.29 is 37.3 Å². The van der Waals surface area contributed by atoms with Crippen molar-refractivity contribution in [2.45, 2.75) is 32.4 Å². The van der Waals surface area contributed by atoms with Gasteiger partial charge in [-0.1, -0.05) is 6.07 Å². The van der Waals surface area contributed by atoms with E-state index in [0.29, 0.717) is 0 Å². The number of hydrogen-bond acceptors (Lipinski definition) is 6. The number of ether oxygens (including phenoxy) is 2. The van der Waals surface area contributed by atoms with Crippen LogP contribution in [0.4, 0.5) is 13.2 Å². The Morgan fingerprint density at radius 1 is 1.23 bits per heavy atom. The number of ketones is 1. The summed E-state index contributed by atoms with van der Waals surface area (Å²) in [5.74, 6) is -1.65. The van der Waals surface area contributed by atoms with Crippen molar-refractivity contribution in [1.82, 2.24) is 4.98 Å². The Morgan fingerprint density at radius 3 is 2.53 bits per heavy atom. The van der Waals surface area contributed by atoms with Gasteiger partial charge in [-0.25, -0.2) is 4.98 Å². The molecule has 1 aromatic carbocycles.